The Morgan fingerprint density at radius 3 is 2.04 bits per heavy atom. The van der Waals surface area contributed by atoms with Crippen LogP contribution >= 0.6 is 0 Å². The molecule has 2 aliphatic heterocycles. The molecule has 0 spiro atoms. The van der Waals surface area contributed by atoms with Crippen molar-refractivity contribution in [3.8, 4) is 11.1 Å². The second-order valence-corrected chi connectivity index (χ2v) is 23.8. The molecule has 3 fully saturated rings. The van der Waals surface area contributed by atoms with Gasteiger partial charge in [-0.2, -0.15) is 0 Å². The predicted octanol–water partition coefficient (Wildman–Crippen LogP) is 11.9. The van der Waals surface area contributed by atoms with Crippen molar-refractivity contribution in [1.82, 2.24) is 20.4 Å². The molecule has 2 heterocycles. The van der Waals surface area contributed by atoms with Crippen LogP contribution in [0.2, 0.25) is 0 Å². The number of ether oxygens (including phenoxy) is 6. The minimum Gasteiger partial charge on any atom is -0.449 e. The van der Waals surface area contributed by atoms with Gasteiger partial charge in [0.2, 0.25) is 17.7 Å². The number of rotatable bonds is 26. The van der Waals surface area contributed by atoms with E-state index in [9.17, 15) is 19.2 Å². The van der Waals surface area contributed by atoms with Crippen molar-refractivity contribution in [3.63, 3.8) is 0 Å². The molecule has 2 unspecified atom stereocenters. The fraction of sp³-hybridized carbons (Fsp3) is 0.582. The van der Waals surface area contributed by atoms with Gasteiger partial charge >= 0.3 is 6.09 Å². The average Bonchev–Trinajstić information content (AvgIpc) is 4.14. The Hall–Kier alpha value is -5.64. The number of likely N-dealkylation sites (N-methyl/N-ethyl adjacent to an activating group) is 1. The third-order valence-electron chi connectivity index (χ3n) is 18.0. The largest absolute Gasteiger partial charge is 0.449 e. The van der Waals surface area contributed by atoms with Gasteiger partial charge in [0.15, 0.2) is 6.29 Å². The highest BCUT2D eigenvalue weighted by molar-refractivity contribution is 5.86. The highest BCUT2D eigenvalue weighted by Gasteiger charge is 2.44. The maximum absolute atomic E-state index is 14.7. The van der Waals surface area contributed by atoms with Crippen molar-refractivity contribution in [2.45, 2.75) is 192 Å². The van der Waals surface area contributed by atoms with Crippen LogP contribution in [-0.2, 0) is 49.4 Å². The lowest BCUT2D eigenvalue weighted by Gasteiger charge is -2.40. The molecule has 8 rings (SSSR count). The number of amides is 4. The summed E-state index contributed by atoms with van der Waals surface area (Å²) in [5.74, 6) is -1.07. The van der Waals surface area contributed by atoms with E-state index >= 15 is 0 Å². The molecule has 440 valence electrons. The molecule has 2 aliphatic carbocycles. The maximum Gasteiger partial charge on any atom is 0.407 e. The van der Waals surface area contributed by atoms with Gasteiger partial charge in [0.1, 0.15) is 18.8 Å². The smallest absolute Gasteiger partial charge is 0.407 e. The molecule has 11 atom stereocenters. The Labute approximate surface area is 482 Å². The summed E-state index contributed by atoms with van der Waals surface area (Å²) in [5, 5.41) is 6.17. The Morgan fingerprint density at radius 1 is 0.728 bits per heavy atom. The number of hydrogen-bond donors (Lipinski definition) is 2. The monoisotopic (exact) mass is 1110 g/mol. The number of fused-ring (bicyclic) bond motifs is 3. The Bertz CT molecular complexity index is 2600. The molecule has 4 aromatic carbocycles. The summed E-state index contributed by atoms with van der Waals surface area (Å²) >= 11 is 0. The second-order valence-electron chi connectivity index (χ2n) is 23.8. The lowest BCUT2D eigenvalue weighted by molar-refractivity contribution is -0.229. The molecule has 0 radical (unpaired) electrons. The van der Waals surface area contributed by atoms with Gasteiger partial charge in [-0.25, -0.2) is 4.79 Å². The van der Waals surface area contributed by atoms with Crippen LogP contribution in [0, 0.1) is 17.8 Å². The molecule has 2 N–H and O–H groups in total. The zero-order valence-corrected chi connectivity index (χ0v) is 49.7. The van der Waals surface area contributed by atoms with E-state index < -0.39 is 54.7 Å². The van der Waals surface area contributed by atoms with Crippen molar-refractivity contribution >= 4 is 23.8 Å². The van der Waals surface area contributed by atoms with E-state index in [0.29, 0.717) is 38.5 Å². The SMILES string of the molecule is CC[C@H](C)[C@@H]([C@@H](CC(=O)N1CCC[C@H]1[C@H](OC)[C@@H](C)C(=O)N[C@H](C)[C@@H](OC1CCCC(COCc2ccc(C3CCCCC3)cc2)O1)c1ccccc1)OC)N(C)C(=O)[C@@H](NC(=O)OCC1c2ccccc2-c2ccccc21)C(C)C. The first-order valence-electron chi connectivity index (χ1n) is 30.3. The molecular weight excluding hydrogens is 1020 g/mol. The fourth-order valence-electron chi connectivity index (χ4n) is 13.2. The molecule has 4 aromatic rings. The first kappa shape index (κ1) is 61.4. The van der Waals surface area contributed by atoms with Crippen LogP contribution in [0.1, 0.15) is 164 Å². The summed E-state index contributed by atoms with van der Waals surface area (Å²) in [7, 11) is 4.90. The van der Waals surface area contributed by atoms with Gasteiger partial charge in [-0.05, 0) is 109 Å². The molecule has 14 heteroatoms. The van der Waals surface area contributed by atoms with Crippen LogP contribution in [-0.4, -0.2) is 123 Å². The number of nitrogens with one attached hydrogen (secondary N) is 2. The van der Waals surface area contributed by atoms with Crippen LogP contribution in [0.3, 0.4) is 0 Å². The fourth-order valence-corrected chi connectivity index (χ4v) is 13.2. The van der Waals surface area contributed by atoms with Crippen molar-refractivity contribution in [1.29, 1.82) is 0 Å². The van der Waals surface area contributed by atoms with E-state index in [0.717, 1.165) is 59.1 Å². The van der Waals surface area contributed by atoms with E-state index in [1.807, 2.05) is 87.2 Å². The number of carbonyl (C=O) groups excluding carboxylic acids is 4. The minimum absolute atomic E-state index is 0.000272. The van der Waals surface area contributed by atoms with E-state index in [-0.39, 0.29) is 60.6 Å². The number of benzene rings is 4. The van der Waals surface area contributed by atoms with Gasteiger partial charge < -0.3 is 48.9 Å². The molecule has 4 aliphatic rings. The highest BCUT2D eigenvalue weighted by Crippen LogP contribution is 2.45. The quantitative estimate of drug-likeness (QED) is 0.0621. The summed E-state index contributed by atoms with van der Waals surface area (Å²) in [6.45, 7) is 13.3. The molecule has 14 nitrogen and oxygen atoms in total. The number of nitrogens with zero attached hydrogens (tertiary/aromatic N) is 2. The molecule has 4 amide bonds. The van der Waals surface area contributed by atoms with Crippen LogP contribution < -0.4 is 10.6 Å². The molecule has 81 heavy (non-hydrogen) atoms. The van der Waals surface area contributed by atoms with Crippen molar-refractivity contribution in [3.05, 3.63) is 131 Å². The van der Waals surface area contributed by atoms with Gasteiger partial charge in [-0.1, -0.05) is 163 Å². The van der Waals surface area contributed by atoms with Gasteiger partial charge in [0, 0.05) is 33.7 Å². The van der Waals surface area contributed by atoms with Crippen LogP contribution in [0.4, 0.5) is 4.79 Å². The van der Waals surface area contributed by atoms with Gasteiger partial charge in [-0.3, -0.25) is 14.4 Å². The Kier molecular flexibility index (Phi) is 22.4. The predicted molar refractivity (Wildman–Crippen MR) is 315 cm³/mol. The second kappa shape index (κ2) is 29.6. The lowest BCUT2D eigenvalue weighted by Crippen LogP contribution is -2.58. The van der Waals surface area contributed by atoms with E-state index in [1.54, 1.807) is 26.2 Å². The highest BCUT2D eigenvalue weighted by atomic mass is 16.7. The third-order valence-corrected chi connectivity index (χ3v) is 18.0. The summed E-state index contributed by atoms with van der Waals surface area (Å²) in [6, 6.07) is 33.0. The summed E-state index contributed by atoms with van der Waals surface area (Å²) in [6.07, 6.45) is 8.16. The molecule has 1 saturated carbocycles. The Balaban J connectivity index is 0.857. The first-order valence-corrected chi connectivity index (χ1v) is 30.3. The number of hydrogen-bond acceptors (Lipinski definition) is 10. The first-order chi connectivity index (χ1) is 39.2. The van der Waals surface area contributed by atoms with E-state index in [2.05, 4.69) is 73.0 Å². The maximum atomic E-state index is 14.7. The van der Waals surface area contributed by atoms with Gasteiger partial charge in [0.05, 0.1) is 62.0 Å². The number of methoxy groups -OCH3 is 2. The number of carbonyl (C=O) groups is 4. The van der Waals surface area contributed by atoms with Crippen LogP contribution in [0.15, 0.2) is 103 Å². The summed E-state index contributed by atoms with van der Waals surface area (Å²) < 4.78 is 37.8. The summed E-state index contributed by atoms with van der Waals surface area (Å²) in [5.41, 5.74) is 7.99. The zero-order chi connectivity index (χ0) is 57.6. The van der Waals surface area contributed by atoms with E-state index in [1.165, 1.54) is 37.7 Å². The number of alkyl carbamates (subject to hydrolysis) is 1. The topological polar surface area (TPSA) is 154 Å². The van der Waals surface area contributed by atoms with Crippen LogP contribution in [0.25, 0.3) is 11.1 Å². The molecule has 0 aromatic heterocycles. The normalized spacial score (nSPS) is 21.4. The van der Waals surface area contributed by atoms with E-state index in [4.69, 9.17) is 28.4 Å². The van der Waals surface area contributed by atoms with Crippen molar-refractivity contribution < 1.29 is 47.6 Å². The number of likely N-dealkylation sites (tertiary alicyclic amines) is 1. The Morgan fingerprint density at radius 2 is 1.40 bits per heavy atom. The molecule has 2 saturated heterocycles. The summed E-state index contributed by atoms with van der Waals surface area (Å²) in [4.78, 5) is 60.8. The average molecular weight is 1110 g/mol. The standard InChI is InChI=1S/C67H92N4O10/c1-10-44(4)62(70(7)66(74)61(43(2)3)69-67(75)79-42-56-54-30-19-17-28-52(54)53-29-18-20-31-55(53)56)58(76-8)39-59(72)71-38-22-32-57(71)63(77-9)45(5)65(73)68-46(6)64(50-25-15-12-16-26-50)81-60-33-21-27-51(80-60)41-78-40-47-34-36-49(37-35-47)48-23-13-11-14-24-48/h12,15-20,25-26,28-31,34-37,43-46,48,51,56-58,60-64H,10-11,13-14,21-24,27,32-33,38-42H2,1-9H3,(H,68,73)(H,69,75)/t44-,45+,46+,51?,57-,58+,60?,61-,62-,63+,64+/m0/s1. The molecule has 0 bridgehead atoms. The van der Waals surface area contributed by atoms with Gasteiger partial charge in [0.25, 0.3) is 0 Å². The van der Waals surface area contributed by atoms with Crippen molar-refractivity contribution in [2.75, 3.05) is 41.0 Å². The molecular formula is C67H92N4O10. The lowest BCUT2D eigenvalue weighted by atomic mass is 9.84. The van der Waals surface area contributed by atoms with Crippen LogP contribution in [0.5, 0.6) is 0 Å². The minimum atomic E-state index is -0.899. The van der Waals surface area contributed by atoms with Crippen molar-refractivity contribution in [2.24, 2.45) is 17.8 Å². The third kappa shape index (κ3) is 15.3. The zero-order valence-electron chi connectivity index (χ0n) is 49.7. The van der Waals surface area contributed by atoms with Gasteiger partial charge in [-0.15, -0.1) is 0 Å².